The van der Waals surface area contributed by atoms with Crippen LogP contribution in [0, 0.1) is 20.2 Å². The molecular formula is C14H9N3O6. The zero-order valence-corrected chi connectivity index (χ0v) is 11.5. The molecule has 0 saturated heterocycles. The molecule has 3 rings (SSSR count). The molecule has 0 bridgehead atoms. The minimum atomic E-state index is -0.699. The van der Waals surface area contributed by atoms with Crippen LogP contribution in [0.3, 0.4) is 0 Å². The SMILES string of the molecule is O=c1c2ccccc2c([N+](=O)[O-])cn1Cc1ccc([N+](=O)[O-])o1. The van der Waals surface area contributed by atoms with Gasteiger partial charge in [-0.15, -0.1) is 0 Å². The third-order valence-corrected chi connectivity index (χ3v) is 3.32. The van der Waals surface area contributed by atoms with E-state index in [1.165, 1.54) is 18.2 Å². The van der Waals surface area contributed by atoms with Gasteiger partial charge in [0.15, 0.2) is 0 Å². The lowest BCUT2D eigenvalue weighted by Gasteiger charge is -2.06. The molecule has 2 heterocycles. The standard InChI is InChI=1S/C14H9N3O6/c18-14-11-4-2-1-3-10(11)12(16(19)20)8-15(14)7-9-5-6-13(23-9)17(21)22/h1-6,8H,7H2. The Hall–Kier alpha value is -3.49. The lowest BCUT2D eigenvalue weighted by molar-refractivity contribution is -0.402. The van der Waals surface area contributed by atoms with E-state index in [2.05, 4.69) is 0 Å². The van der Waals surface area contributed by atoms with Crippen LogP contribution in [0.2, 0.25) is 0 Å². The summed E-state index contributed by atoms with van der Waals surface area (Å²) in [5.74, 6) is -0.299. The summed E-state index contributed by atoms with van der Waals surface area (Å²) < 4.78 is 6.09. The molecule has 0 fully saturated rings. The van der Waals surface area contributed by atoms with E-state index < -0.39 is 21.3 Å². The lowest BCUT2D eigenvalue weighted by Crippen LogP contribution is -2.21. The van der Waals surface area contributed by atoms with E-state index >= 15 is 0 Å². The summed E-state index contributed by atoms with van der Waals surface area (Å²) in [6.45, 7) is -0.141. The first kappa shape index (κ1) is 14.4. The van der Waals surface area contributed by atoms with Crippen molar-refractivity contribution < 1.29 is 14.3 Å². The number of hydrogen-bond donors (Lipinski definition) is 0. The van der Waals surface area contributed by atoms with Crippen molar-refractivity contribution in [2.45, 2.75) is 6.54 Å². The Balaban J connectivity index is 2.13. The second kappa shape index (κ2) is 5.37. The molecule has 3 aromatic rings. The van der Waals surface area contributed by atoms with Crippen LogP contribution < -0.4 is 5.56 Å². The van der Waals surface area contributed by atoms with Gasteiger partial charge in [-0.2, -0.15) is 0 Å². The highest BCUT2D eigenvalue weighted by Crippen LogP contribution is 2.23. The predicted octanol–water partition coefficient (Wildman–Crippen LogP) is 2.46. The molecule has 0 amide bonds. The van der Waals surface area contributed by atoms with Crippen molar-refractivity contribution in [1.29, 1.82) is 0 Å². The van der Waals surface area contributed by atoms with Crippen molar-refractivity contribution in [2.75, 3.05) is 0 Å². The predicted molar refractivity (Wildman–Crippen MR) is 79.3 cm³/mol. The summed E-state index contributed by atoms with van der Waals surface area (Å²) in [7, 11) is 0. The number of hydrogen-bond acceptors (Lipinski definition) is 6. The molecule has 1 aromatic carbocycles. The lowest BCUT2D eigenvalue weighted by atomic mass is 10.1. The largest absolute Gasteiger partial charge is 0.433 e. The van der Waals surface area contributed by atoms with Crippen LogP contribution in [0.4, 0.5) is 11.6 Å². The third kappa shape index (κ3) is 2.55. The smallest absolute Gasteiger partial charge is 0.404 e. The van der Waals surface area contributed by atoms with Gasteiger partial charge >= 0.3 is 5.88 Å². The van der Waals surface area contributed by atoms with Crippen molar-refractivity contribution >= 4 is 22.3 Å². The van der Waals surface area contributed by atoms with E-state index in [-0.39, 0.29) is 28.8 Å². The van der Waals surface area contributed by atoms with Gasteiger partial charge in [0.05, 0.1) is 34.5 Å². The van der Waals surface area contributed by atoms with Crippen molar-refractivity contribution in [3.8, 4) is 0 Å². The fourth-order valence-corrected chi connectivity index (χ4v) is 2.30. The topological polar surface area (TPSA) is 121 Å². The van der Waals surface area contributed by atoms with Crippen molar-refractivity contribution in [2.24, 2.45) is 0 Å². The molecule has 0 N–H and O–H groups in total. The van der Waals surface area contributed by atoms with Gasteiger partial charge in [-0.25, -0.2) is 0 Å². The van der Waals surface area contributed by atoms with Crippen LogP contribution in [0.5, 0.6) is 0 Å². The Morgan fingerprint density at radius 2 is 1.70 bits per heavy atom. The molecule has 0 aliphatic heterocycles. The van der Waals surface area contributed by atoms with Crippen LogP contribution in [-0.2, 0) is 6.54 Å². The molecule has 9 heteroatoms. The van der Waals surface area contributed by atoms with Crippen LogP contribution in [0.15, 0.2) is 51.8 Å². The van der Waals surface area contributed by atoms with Gasteiger partial charge in [-0.1, -0.05) is 12.1 Å². The molecule has 0 spiro atoms. The first-order chi connectivity index (χ1) is 11.0. The Bertz CT molecular complexity index is 988. The quantitative estimate of drug-likeness (QED) is 0.538. The number of rotatable bonds is 4. The Kier molecular flexibility index (Phi) is 3.37. The van der Waals surface area contributed by atoms with E-state index in [1.54, 1.807) is 12.1 Å². The van der Waals surface area contributed by atoms with Crippen LogP contribution in [0.1, 0.15) is 5.76 Å². The third-order valence-electron chi connectivity index (χ3n) is 3.32. The molecule has 2 aromatic heterocycles. The summed E-state index contributed by atoms with van der Waals surface area (Å²) in [6.07, 6.45) is 1.11. The van der Waals surface area contributed by atoms with Crippen LogP contribution in [0.25, 0.3) is 10.8 Å². The summed E-state index contributed by atoms with van der Waals surface area (Å²) in [5.41, 5.74) is -0.661. The van der Waals surface area contributed by atoms with Gasteiger partial charge < -0.3 is 8.98 Å². The molecule has 9 nitrogen and oxygen atoms in total. The van der Waals surface area contributed by atoms with Crippen molar-refractivity contribution in [3.05, 3.63) is 78.9 Å². The van der Waals surface area contributed by atoms with Crippen LogP contribution in [-0.4, -0.2) is 14.4 Å². The maximum atomic E-state index is 12.4. The fourth-order valence-electron chi connectivity index (χ4n) is 2.30. The molecule has 0 aliphatic rings. The van der Waals surface area contributed by atoms with E-state index in [9.17, 15) is 25.0 Å². The van der Waals surface area contributed by atoms with Gasteiger partial charge in [-0.3, -0.25) is 25.0 Å². The summed E-state index contributed by atoms with van der Waals surface area (Å²) in [5, 5.41) is 22.2. The summed E-state index contributed by atoms with van der Waals surface area (Å²) >= 11 is 0. The molecule has 116 valence electrons. The van der Waals surface area contributed by atoms with Crippen molar-refractivity contribution in [1.82, 2.24) is 4.57 Å². The number of fused-ring (bicyclic) bond motifs is 1. The zero-order chi connectivity index (χ0) is 16.6. The van der Waals surface area contributed by atoms with Gasteiger partial charge in [0.25, 0.3) is 11.2 Å². The van der Waals surface area contributed by atoms with Crippen molar-refractivity contribution in [3.63, 3.8) is 0 Å². The van der Waals surface area contributed by atoms with E-state index in [0.717, 1.165) is 16.8 Å². The summed E-state index contributed by atoms with van der Waals surface area (Å²) in [4.78, 5) is 32.9. The minimum absolute atomic E-state index is 0.141. The van der Waals surface area contributed by atoms with Gasteiger partial charge in [0.2, 0.25) is 0 Å². The monoisotopic (exact) mass is 315 g/mol. The molecule has 0 aliphatic carbocycles. The molecule has 0 radical (unpaired) electrons. The molecule has 0 unspecified atom stereocenters. The van der Waals surface area contributed by atoms with Gasteiger partial charge in [0.1, 0.15) is 10.7 Å². The number of aromatic nitrogens is 1. The molecular weight excluding hydrogens is 306 g/mol. The average Bonchev–Trinajstić information content (AvgIpc) is 2.99. The average molecular weight is 315 g/mol. The number of pyridine rings is 1. The van der Waals surface area contributed by atoms with Gasteiger partial charge in [-0.05, 0) is 18.2 Å². The number of nitro groups is 2. The Morgan fingerprint density at radius 3 is 2.30 bits per heavy atom. The highest BCUT2D eigenvalue weighted by Gasteiger charge is 2.18. The van der Waals surface area contributed by atoms with E-state index in [1.807, 2.05) is 0 Å². The number of nitrogens with zero attached hydrogens (tertiary/aromatic N) is 3. The highest BCUT2D eigenvalue weighted by atomic mass is 16.6. The first-order valence-electron chi connectivity index (χ1n) is 6.47. The molecule has 0 saturated carbocycles. The molecule has 23 heavy (non-hydrogen) atoms. The molecule has 0 atom stereocenters. The zero-order valence-electron chi connectivity index (χ0n) is 11.5. The highest BCUT2D eigenvalue weighted by molar-refractivity contribution is 5.89. The Labute approximate surface area is 127 Å². The second-order valence-corrected chi connectivity index (χ2v) is 4.75. The maximum Gasteiger partial charge on any atom is 0.433 e. The maximum absolute atomic E-state index is 12.4. The minimum Gasteiger partial charge on any atom is -0.404 e. The first-order valence-corrected chi connectivity index (χ1v) is 6.47. The number of furan rings is 1. The van der Waals surface area contributed by atoms with Gasteiger partial charge in [0, 0.05) is 0 Å². The van der Waals surface area contributed by atoms with Crippen LogP contribution >= 0.6 is 0 Å². The van der Waals surface area contributed by atoms with E-state index in [4.69, 9.17) is 4.42 Å². The van der Waals surface area contributed by atoms with E-state index in [0.29, 0.717) is 0 Å². The Morgan fingerprint density at radius 1 is 1.00 bits per heavy atom. The normalized spacial score (nSPS) is 10.8. The second-order valence-electron chi connectivity index (χ2n) is 4.75. The summed E-state index contributed by atoms with van der Waals surface area (Å²) in [6, 6.07) is 8.72. The number of benzene rings is 1. The fraction of sp³-hybridized carbons (Fsp3) is 0.0714.